The van der Waals surface area contributed by atoms with Crippen LogP contribution in [0.15, 0.2) is 66.9 Å². The molecule has 0 saturated heterocycles. The molecule has 1 unspecified atom stereocenters. The van der Waals surface area contributed by atoms with Crippen molar-refractivity contribution in [3.8, 4) is 11.5 Å². The first-order valence-electron chi connectivity index (χ1n) is 10.2. The zero-order valence-corrected chi connectivity index (χ0v) is 18.2. The molecule has 2 bridgehead atoms. The van der Waals surface area contributed by atoms with E-state index in [9.17, 15) is 33.0 Å². The number of aromatic nitrogens is 1. The third kappa shape index (κ3) is 3.35. The lowest BCUT2D eigenvalue weighted by atomic mass is 9.75. The molecule has 2 aromatic carbocycles. The molecule has 35 heavy (non-hydrogen) atoms. The van der Waals surface area contributed by atoms with Gasteiger partial charge >= 0.3 is 12.3 Å². The number of aliphatic carboxylic acids is 1. The Kier molecular flexibility index (Phi) is 5.08. The summed E-state index contributed by atoms with van der Waals surface area (Å²) in [5, 5.41) is 22.1. The van der Waals surface area contributed by atoms with Gasteiger partial charge < -0.3 is 19.7 Å². The number of ketones is 1. The fraction of sp³-hybridized carbons (Fsp3) is 0.208. The summed E-state index contributed by atoms with van der Waals surface area (Å²) < 4.78 is 48.1. The Morgan fingerprint density at radius 2 is 1.77 bits per heavy atom. The zero-order valence-electron chi connectivity index (χ0n) is 17.5. The third-order valence-corrected chi connectivity index (χ3v) is 6.50. The van der Waals surface area contributed by atoms with E-state index in [0.717, 1.165) is 18.3 Å². The Morgan fingerprint density at radius 3 is 2.37 bits per heavy atom. The number of alkyl halides is 3. The molecule has 0 amide bonds. The molecule has 11 heteroatoms. The van der Waals surface area contributed by atoms with Gasteiger partial charge in [-0.2, -0.15) is 0 Å². The van der Waals surface area contributed by atoms with Gasteiger partial charge in [-0.3, -0.25) is 14.6 Å². The van der Waals surface area contributed by atoms with Crippen LogP contribution in [0.25, 0.3) is 0 Å². The number of hydrogen-bond acceptors (Lipinski definition) is 6. The number of pyridine rings is 1. The molecule has 1 aliphatic carbocycles. The van der Waals surface area contributed by atoms with Crippen LogP contribution >= 0.6 is 11.6 Å². The largest absolute Gasteiger partial charge is 0.573 e. The first-order valence-corrected chi connectivity index (χ1v) is 10.6. The van der Waals surface area contributed by atoms with Crippen molar-refractivity contribution in [1.29, 1.82) is 0 Å². The minimum atomic E-state index is -4.94. The third-order valence-electron chi connectivity index (χ3n) is 6.30. The van der Waals surface area contributed by atoms with Crippen LogP contribution in [0, 0.1) is 5.92 Å². The van der Waals surface area contributed by atoms with Crippen molar-refractivity contribution in [2.45, 2.75) is 23.5 Å². The molecule has 1 aliphatic heterocycles. The number of halogens is 4. The Morgan fingerprint density at radius 1 is 1.11 bits per heavy atom. The topological polar surface area (TPSA) is 106 Å². The molecule has 0 radical (unpaired) electrons. The van der Waals surface area contributed by atoms with Gasteiger partial charge in [-0.25, -0.2) is 0 Å². The molecule has 2 N–H and O–H groups in total. The van der Waals surface area contributed by atoms with Crippen LogP contribution in [0.3, 0.4) is 0 Å². The van der Waals surface area contributed by atoms with E-state index in [1.165, 1.54) is 18.2 Å². The Bertz CT molecular complexity index is 1330. The van der Waals surface area contributed by atoms with Crippen molar-refractivity contribution in [3.05, 3.63) is 88.7 Å². The van der Waals surface area contributed by atoms with Crippen LogP contribution in [0.4, 0.5) is 13.2 Å². The Labute approximate surface area is 200 Å². The van der Waals surface area contributed by atoms with E-state index in [2.05, 4.69) is 9.72 Å². The molecule has 1 saturated carbocycles. The number of fused-ring (bicyclic) bond motifs is 4. The van der Waals surface area contributed by atoms with Crippen LogP contribution in [-0.4, -0.2) is 33.3 Å². The number of carbonyl (C=O) groups excluding carboxylic acids is 1. The maximum Gasteiger partial charge on any atom is 0.573 e. The summed E-state index contributed by atoms with van der Waals surface area (Å²) in [5.41, 5.74) is -4.64. The molecule has 1 aromatic heterocycles. The molecule has 180 valence electrons. The van der Waals surface area contributed by atoms with E-state index in [4.69, 9.17) is 16.3 Å². The van der Waals surface area contributed by atoms with Crippen LogP contribution in [0.5, 0.6) is 11.5 Å². The minimum absolute atomic E-state index is 0.0266. The van der Waals surface area contributed by atoms with Crippen molar-refractivity contribution in [1.82, 2.24) is 4.98 Å². The smallest absolute Gasteiger partial charge is 0.481 e. The van der Waals surface area contributed by atoms with E-state index in [1.807, 2.05) is 0 Å². The zero-order chi connectivity index (χ0) is 25.2. The molecule has 5 rings (SSSR count). The number of carboxylic acid groups (broad SMARTS) is 1. The number of Topliss-reactive ketones (excluding diaryl/α,β-unsaturated/α-hetero) is 1. The van der Waals surface area contributed by atoms with Gasteiger partial charge in [0, 0.05) is 17.8 Å². The molecule has 3 aromatic rings. The maximum absolute atomic E-state index is 14.0. The number of benzene rings is 2. The van der Waals surface area contributed by atoms with Crippen molar-refractivity contribution < 1.29 is 42.4 Å². The lowest BCUT2D eigenvalue weighted by Crippen LogP contribution is -2.51. The van der Waals surface area contributed by atoms with E-state index < -0.39 is 46.9 Å². The summed E-state index contributed by atoms with van der Waals surface area (Å²) in [6, 6.07) is 13.7. The van der Waals surface area contributed by atoms with E-state index >= 15 is 0 Å². The number of aliphatic hydroxyl groups is 1. The molecule has 4 atom stereocenters. The summed E-state index contributed by atoms with van der Waals surface area (Å²) in [4.78, 5) is 30.6. The standard InChI is InChI=1S/C24H15ClF3NO6/c25-14-10-16-19(29-11-14)22(33)18(20(30)31)17(12-4-2-1-3-5-12)23(35-16,21(22)32)13-6-8-15(9-7-13)34-24(26,27)28/h1-11,17-18,33H,(H,30,31)/t17-,18-,22-,23?/m1/s1. The number of carboxylic acids is 1. The number of carbonyl (C=O) groups is 2. The molecule has 1 fully saturated rings. The molecular formula is C24H15ClF3NO6. The number of ether oxygens (including phenoxy) is 2. The van der Waals surface area contributed by atoms with E-state index in [-0.39, 0.29) is 22.0 Å². The predicted molar refractivity (Wildman–Crippen MR) is 114 cm³/mol. The van der Waals surface area contributed by atoms with Crippen LogP contribution in [0.1, 0.15) is 22.7 Å². The van der Waals surface area contributed by atoms with Gasteiger partial charge in [0.15, 0.2) is 5.60 Å². The van der Waals surface area contributed by atoms with E-state index in [0.29, 0.717) is 5.56 Å². The van der Waals surface area contributed by atoms with E-state index in [1.54, 1.807) is 30.3 Å². The number of hydrogen-bond donors (Lipinski definition) is 2. The van der Waals surface area contributed by atoms with Crippen molar-refractivity contribution in [3.63, 3.8) is 0 Å². The van der Waals surface area contributed by atoms with Crippen molar-refractivity contribution in [2.24, 2.45) is 5.92 Å². The predicted octanol–water partition coefficient (Wildman–Crippen LogP) is 4.18. The molecule has 0 spiro atoms. The lowest BCUT2D eigenvalue weighted by molar-refractivity contribution is -0.274. The highest BCUT2D eigenvalue weighted by atomic mass is 35.5. The molecule has 2 aliphatic rings. The van der Waals surface area contributed by atoms with Crippen molar-refractivity contribution >= 4 is 23.4 Å². The summed E-state index contributed by atoms with van der Waals surface area (Å²) in [5.74, 6) is -6.16. The van der Waals surface area contributed by atoms with Gasteiger partial charge in [-0.15, -0.1) is 13.2 Å². The first-order chi connectivity index (χ1) is 16.5. The normalized spacial score (nSPS) is 27.2. The molecular weight excluding hydrogens is 491 g/mol. The fourth-order valence-corrected chi connectivity index (χ4v) is 5.19. The molecule has 7 nitrogen and oxygen atoms in total. The second-order valence-electron chi connectivity index (χ2n) is 8.21. The number of rotatable bonds is 4. The summed E-state index contributed by atoms with van der Waals surface area (Å²) in [6.45, 7) is 0. The van der Waals surface area contributed by atoms with Gasteiger partial charge in [0.1, 0.15) is 23.1 Å². The highest BCUT2D eigenvalue weighted by Crippen LogP contribution is 2.64. The second-order valence-corrected chi connectivity index (χ2v) is 8.65. The van der Waals surface area contributed by atoms with Gasteiger partial charge in [-0.1, -0.05) is 54.1 Å². The fourth-order valence-electron chi connectivity index (χ4n) is 5.05. The van der Waals surface area contributed by atoms with Crippen LogP contribution in [0.2, 0.25) is 5.02 Å². The first kappa shape index (κ1) is 23.1. The summed E-state index contributed by atoms with van der Waals surface area (Å²) in [7, 11) is 0. The van der Waals surface area contributed by atoms with Crippen LogP contribution in [-0.2, 0) is 20.8 Å². The van der Waals surface area contributed by atoms with Gasteiger partial charge in [0.25, 0.3) is 0 Å². The van der Waals surface area contributed by atoms with Gasteiger partial charge in [0.05, 0.1) is 10.9 Å². The van der Waals surface area contributed by atoms with Gasteiger partial charge in [-0.05, 0) is 17.7 Å². The maximum atomic E-state index is 14.0. The lowest BCUT2D eigenvalue weighted by Gasteiger charge is -2.38. The second kappa shape index (κ2) is 7.69. The highest BCUT2D eigenvalue weighted by molar-refractivity contribution is 6.30. The average molecular weight is 506 g/mol. The monoisotopic (exact) mass is 505 g/mol. The summed E-state index contributed by atoms with van der Waals surface area (Å²) >= 11 is 6.05. The highest BCUT2D eigenvalue weighted by Gasteiger charge is 2.76. The number of nitrogens with zero attached hydrogens (tertiary/aromatic N) is 1. The quantitative estimate of drug-likeness (QED) is 0.548. The van der Waals surface area contributed by atoms with Crippen LogP contribution < -0.4 is 9.47 Å². The Balaban J connectivity index is 1.79. The minimum Gasteiger partial charge on any atom is -0.481 e. The summed E-state index contributed by atoms with van der Waals surface area (Å²) in [6.07, 6.45) is -3.78. The van der Waals surface area contributed by atoms with Gasteiger partial charge in [0.2, 0.25) is 11.4 Å². The Hall–Kier alpha value is -3.63. The molecule has 2 heterocycles. The SMILES string of the molecule is O=C(O)[C@H]1[C@@H](c2ccccc2)C2(c3ccc(OC(F)(F)F)cc3)Oc3cc(Cl)cnc3[C@@]1(O)C2=O. The average Bonchev–Trinajstić information content (AvgIpc) is 2.92. The van der Waals surface area contributed by atoms with Crippen molar-refractivity contribution in [2.75, 3.05) is 0 Å².